The molecule has 0 fully saturated rings. The molecule has 19 heavy (non-hydrogen) atoms. The number of rotatable bonds is 2. The van der Waals surface area contributed by atoms with Gasteiger partial charge in [-0.05, 0) is 31.9 Å². The van der Waals surface area contributed by atoms with E-state index in [-0.39, 0.29) is 22.1 Å². The third-order valence-electron chi connectivity index (χ3n) is 3.25. The molecule has 1 aromatic carbocycles. The van der Waals surface area contributed by atoms with Gasteiger partial charge in [-0.15, -0.1) is 0 Å². The van der Waals surface area contributed by atoms with Gasteiger partial charge in [-0.2, -0.15) is 5.10 Å². The number of halogens is 2. The van der Waals surface area contributed by atoms with Crippen LogP contribution in [0.25, 0.3) is 5.69 Å². The van der Waals surface area contributed by atoms with Crippen molar-refractivity contribution < 1.29 is 4.39 Å². The van der Waals surface area contributed by atoms with Crippen LogP contribution in [0.15, 0.2) is 6.07 Å². The fraction of sp³-hybridized carbons (Fsp3) is 0.308. The summed E-state index contributed by atoms with van der Waals surface area (Å²) >= 11 is 5.84. The van der Waals surface area contributed by atoms with Crippen molar-refractivity contribution in [1.82, 2.24) is 9.78 Å². The summed E-state index contributed by atoms with van der Waals surface area (Å²) in [4.78, 5) is 0. The average molecular weight is 283 g/mol. The Hall–Kier alpha value is -1.75. The van der Waals surface area contributed by atoms with Gasteiger partial charge in [0.25, 0.3) is 0 Å². The molecule has 102 valence electrons. The lowest BCUT2D eigenvalue weighted by Crippen LogP contribution is -2.08. The lowest BCUT2D eigenvalue weighted by Gasteiger charge is -2.12. The van der Waals surface area contributed by atoms with Crippen molar-refractivity contribution in [2.24, 2.45) is 0 Å². The lowest BCUT2D eigenvalue weighted by atomic mass is 10.1. The third-order valence-corrected chi connectivity index (χ3v) is 3.63. The van der Waals surface area contributed by atoms with E-state index in [9.17, 15) is 4.39 Å². The topological polar surface area (TPSA) is 69.9 Å². The number of nitrogens with two attached hydrogens (primary N) is 2. The van der Waals surface area contributed by atoms with Crippen molar-refractivity contribution in [3.8, 4) is 5.69 Å². The Balaban J connectivity index is 2.76. The molecule has 0 spiro atoms. The summed E-state index contributed by atoms with van der Waals surface area (Å²) < 4.78 is 15.8. The lowest BCUT2D eigenvalue weighted by molar-refractivity contribution is 0.610. The molecule has 0 atom stereocenters. The molecule has 1 heterocycles. The maximum Gasteiger partial charge on any atom is 0.171 e. The van der Waals surface area contributed by atoms with Gasteiger partial charge in [0.2, 0.25) is 0 Å². The standard InChI is InChI=1S/C13H16ClFN4/c1-4-8-6(2)18-19(7(8)3)13-10(17)5-9(16)11(14)12(13)15/h5H,4,16-17H2,1-3H3. The van der Waals surface area contributed by atoms with Crippen LogP contribution < -0.4 is 11.5 Å². The van der Waals surface area contributed by atoms with Crippen LogP contribution in [-0.4, -0.2) is 9.78 Å². The van der Waals surface area contributed by atoms with Crippen molar-refractivity contribution in [1.29, 1.82) is 0 Å². The molecule has 2 rings (SSSR count). The number of anilines is 2. The predicted molar refractivity (Wildman–Crippen MR) is 76.2 cm³/mol. The molecular formula is C13H16ClFN4. The van der Waals surface area contributed by atoms with Gasteiger partial charge in [0.1, 0.15) is 10.7 Å². The number of aryl methyl sites for hydroxylation is 1. The fourth-order valence-corrected chi connectivity index (χ4v) is 2.42. The molecule has 0 unspecified atom stereocenters. The van der Waals surface area contributed by atoms with E-state index < -0.39 is 5.82 Å². The summed E-state index contributed by atoms with van der Waals surface area (Å²) in [6.07, 6.45) is 0.821. The number of benzene rings is 1. The van der Waals surface area contributed by atoms with Crippen LogP contribution in [0.3, 0.4) is 0 Å². The second kappa shape index (κ2) is 4.74. The summed E-state index contributed by atoms with van der Waals surface area (Å²) in [5, 5.41) is 4.21. The number of aromatic nitrogens is 2. The van der Waals surface area contributed by atoms with Crippen molar-refractivity contribution in [3.05, 3.63) is 33.9 Å². The largest absolute Gasteiger partial charge is 0.397 e. The van der Waals surface area contributed by atoms with Crippen molar-refractivity contribution in [3.63, 3.8) is 0 Å². The molecule has 0 saturated carbocycles. The number of nitrogens with zero attached hydrogens (tertiary/aromatic N) is 2. The molecule has 4 nitrogen and oxygen atoms in total. The maximum absolute atomic E-state index is 14.3. The van der Waals surface area contributed by atoms with Gasteiger partial charge in [0.15, 0.2) is 5.82 Å². The van der Waals surface area contributed by atoms with Crippen LogP contribution in [0.5, 0.6) is 0 Å². The van der Waals surface area contributed by atoms with Crippen LogP contribution in [0.1, 0.15) is 23.9 Å². The Morgan fingerprint density at radius 2 is 1.95 bits per heavy atom. The first kappa shape index (κ1) is 13.7. The zero-order chi connectivity index (χ0) is 14.3. The Morgan fingerprint density at radius 1 is 1.32 bits per heavy atom. The maximum atomic E-state index is 14.3. The molecule has 1 aromatic heterocycles. The number of nitrogen functional groups attached to an aromatic ring is 2. The normalized spacial score (nSPS) is 11.0. The molecular weight excluding hydrogens is 267 g/mol. The Labute approximate surface area is 116 Å². The second-order valence-electron chi connectivity index (χ2n) is 4.45. The Morgan fingerprint density at radius 3 is 2.47 bits per heavy atom. The molecule has 0 saturated heterocycles. The van der Waals surface area contributed by atoms with Gasteiger partial charge in [-0.25, -0.2) is 9.07 Å². The Kier molecular flexibility index (Phi) is 3.41. The highest BCUT2D eigenvalue weighted by atomic mass is 35.5. The van der Waals surface area contributed by atoms with E-state index in [0.29, 0.717) is 0 Å². The van der Waals surface area contributed by atoms with Crippen LogP contribution in [0.2, 0.25) is 5.02 Å². The minimum absolute atomic E-state index is 0.123. The molecule has 2 aromatic rings. The smallest absolute Gasteiger partial charge is 0.171 e. The van der Waals surface area contributed by atoms with Crippen molar-refractivity contribution >= 4 is 23.0 Å². The molecule has 0 amide bonds. The predicted octanol–water partition coefficient (Wildman–Crippen LogP) is 3.01. The van der Waals surface area contributed by atoms with Crippen molar-refractivity contribution in [2.45, 2.75) is 27.2 Å². The van der Waals surface area contributed by atoms with Gasteiger partial charge >= 0.3 is 0 Å². The summed E-state index contributed by atoms with van der Waals surface area (Å²) in [5.74, 6) is -0.646. The molecule has 6 heteroatoms. The molecule has 0 aliphatic carbocycles. The molecule has 0 bridgehead atoms. The third kappa shape index (κ3) is 2.04. The Bertz CT molecular complexity index is 649. The van der Waals surface area contributed by atoms with E-state index in [1.165, 1.54) is 10.7 Å². The first-order chi connectivity index (χ1) is 8.88. The van der Waals surface area contributed by atoms with E-state index in [1.807, 2.05) is 20.8 Å². The van der Waals surface area contributed by atoms with Crippen molar-refractivity contribution in [2.75, 3.05) is 11.5 Å². The van der Waals surface area contributed by atoms with Gasteiger partial charge < -0.3 is 11.5 Å². The summed E-state index contributed by atoms with van der Waals surface area (Å²) in [7, 11) is 0. The zero-order valence-corrected chi connectivity index (χ0v) is 11.8. The molecule has 0 radical (unpaired) electrons. The monoisotopic (exact) mass is 282 g/mol. The number of hydrogen-bond acceptors (Lipinski definition) is 3. The summed E-state index contributed by atoms with van der Waals surface area (Å²) in [6.45, 7) is 5.79. The SMILES string of the molecule is CCc1c(C)nn(-c2c(N)cc(N)c(Cl)c2F)c1C. The zero-order valence-electron chi connectivity index (χ0n) is 11.1. The van der Waals surface area contributed by atoms with Crippen LogP contribution in [-0.2, 0) is 6.42 Å². The molecule has 4 N–H and O–H groups in total. The quantitative estimate of drug-likeness (QED) is 0.832. The van der Waals surface area contributed by atoms with E-state index in [4.69, 9.17) is 23.1 Å². The highest BCUT2D eigenvalue weighted by Gasteiger charge is 2.20. The molecule has 0 aliphatic heterocycles. The first-order valence-corrected chi connectivity index (χ1v) is 6.34. The van der Waals surface area contributed by atoms with E-state index >= 15 is 0 Å². The van der Waals surface area contributed by atoms with Gasteiger partial charge in [0, 0.05) is 5.69 Å². The fourth-order valence-electron chi connectivity index (χ4n) is 2.28. The van der Waals surface area contributed by atoms with Crippen LogP contribution in [0.4, 0.5) is 15.8 Å². The summed E-state index contributed by atoms with van der Waals surface area (Å²) in [5.41, 5.74) is 14.7. The highest BCUT2D eigenvalue weighted by molar-refractivity contribution is 6.33. The van der Waals surface area contributed by atoms with Crippen LogP contribution >= 0.6 is 11.6 Å². The average Bonchev–Trinajstić information content (AvgIpc) is 2.62. The van der Waals surface area contributed by atoms with Gasteiger partial charge in [-0.1, -0.05) is 18.5 Å². The molecule has 0 aliphatic rings. The second-order valence-corrected chi connectivity index (χ2v) is 4.82. The van der Waals surface area contributed by atoms with Gasteiger partial charge in [-0.3, -0.25) is 0 Å². The highest BCUT2D eigenvalue weighted by Crippen LogP contribution is 2.33. The minimum atomic E-state index is -0.646. The van der Waals surface area contributed by atoms with E-state index in [1.54, 1.807) is 0 Å². The number of hydrogen-bond donors (Lipinski definition) is 2. The van der Waals surface area contributed by atoms with E-state index in [0.717, 1.165) is 23.4 Å². The summed E-state index contributed by atoms with van der Waals surface area (Å²) in [6, 6.07) is 1.45. The van der Waals surface area contributed by atoms with E-state index in [2.05, 4.69) is 5.10 Å². The minimum Gasteiger partial charge on any atom is -0.397 e. The van der Waals surface area contributed by atoms with Crippen LogP contribution in [0, 0.1) is 19.7 Å². The first-order valence-electron chi connectivity index (χ1n) is 5.96. The van der Waals surface area contributed by atoms with Gasteiger partial charge in [0.05, 0.1) is 17.1 Å².